The molecule has 0 bridgehead atoms. The zero-order valence-electron chi connectivity index (χ0n) is 26.7. The Morgan fingerprint density at radius 3 is 1.77 bits per heavy atom. The molecule has 48 heavy (non-hydrogen) atoms. The average molecular weight is 615 g/mol. The van der Waals surface area contributed by atoms with E-state index >= 15 is 0 Å². The number of nitrogens with zero attached hydrogens (tertiary/aromatic N) is 2. The van der Waals surface area contributed by atoms with E-state index in [2.05, 4.69) is 129 Å². The maximum atomic E-state index is 9.21. The fraction of sp³-hybridized carbons (Fsp3) is 0. The molecule has 1 aromatic heterocycles. The summed E-state index contributed by atoms with van der Waals surface area (Å²) in [6.45, 7) is 16.2. The van der Waals surface area contributed by atoms with E-state index in [-0.39, 0.29) is 0 Å². The number of aromatic nitrogens is 1. The highest BCUT2D eigenvalue weighted by Gasteiger charge is 2.12. The second-order valence-corrected chi connectivity index (χ2v) is 11.5. The van der Waals surface area contributed by atoms with Crippen molar-refractivity contribution in [2.75, 3.05) is 0 Å². The standard InChI is InChI=1S/C46H34N2/c1-5-35(31-47)27-34(4)32(2)23-24-33(3)41-25-26-42(44-22-13-12-21-43(41)44)39-20-14-19-38(28-39)40-29-45(36-15-8-6-9-16-36)48-46(30-40)37-17-10-7-11-18-37/h5-30H,1-4H2/b24-23-,35-27+. The molecule has 5 aromatic carbocycles. The van der Waals surface area contributed by atoms with E-state index in [1.807, 2.05) is 48.6 Å². The van der Waals surface area contributed by atoms with Crippen LogP contribution < -0.4 is 0 Å². The van der Waals surface area contributed by atoms with Gasteiger partial charge >= 0.3 is 0 Å². The summed E-state index contributed by atoms with van der Waals surface area (Å²) in [5.41, 5.74) is 12.2. The van der Waals surface area contributed by atoms with Gasteiger partial charge in [-0.3, -0.25) is 0 Å². The first kappa shape index (κ1) is 31.4. The predicted octanol–water partition coefficient (Wildman–Crippen LogP) is 12.2. The Morgan fingerprint density at radius 2 is 1.15 bits per heavy atom. The van der Waals surface area contributed by atoms with Crippen LogP contribution in [0.4, 0.5) is 0 Å². The molecule has 2 nitrogen and oxygen atoms in total. The normalized spacial score (nSPS) is 11.3. The van der Waals surface area contributed by atoms with E-state index < -0.39 is 0 Å². The van der Waals surface area contributed by atoms with Gasteiger partial charge in [-0.15, -0.1) is 0 Å². The first-order valence-electron chi connectivity index (χ1n) is 15.7. The topological polar surface area (TPSA) is 36.7 Å². The molecule has 0 aliphatic rings. The van der Waals surface area contributed by atoms with Crippen LogP contribution in [-0.4, -0.2) is 4.98 Å². The summed E-state index contributed by atoms with van der Waals surface area (Å²) in [6, 6.07) is 48.5. The van der Waals surface area contributed by atoms with Crippen LogP contribution in [0.1, 0.15) is 5.56 Å². The molecule has 1 heterocycles. The summed E-state index contributed by atoms with van der Waals surface area (Å²) in [4.78, 5) is 5.06. The van der Waals surface area contributed by atoms with E-state index in [1.165, 1.54) is 6.08 Å². The Labute approximate surface area is 283 Å². The molecule has 0 radical (unpaired) electrons. The summed E-state index contributed by atoms with van der Waals surface area (Å²) >= 11 is 0. The Hall–Kier alpha value is -6.56. The molecule has 0 spiro atoms. The fourth-order valence-corrected chi connectivity index (χ4v) is 5.72. The van der Waals surface area contributed by atoms with Crippen LogP contribution in [-0.2, 0) is 0 Å². The highest BCUT2D eigenvalue weighted by Crippen LogP contribution is 2.37. The lowest BCUT2D eigenvalue weighted by Crippen LogP contribution is -1.92. The predicted molar refractivity (Wildman–Crippen MR) is 204 cm³/mol. The molecule has 0 aliphatic carbocycles. The van der Waals surface area contributed by atoms with E-state index in [1.54, 1.807) is 6.08 Å². The van der Waals surface area contributed by atoms with Crippen molar-refractivity contribution in [3.05, 3.63) is 206 Å². The Bertz CT molecular complexity index is 2240. The molecule has 0 saturated heterocycles. The third-order valence-electron chi connectivity index (χ3n) is 8.32. The first-order valence-corrected chi connectivity index (χ1v) is 15.7. The largest absolute Gasteiger partial charge is 0.248 e. The van der Waals surface area contributed by atoms with Crippen molar-refractivity contribution in [1.29, 1.82) is 5.26 Å². The number of hydrogen-bond donors (Lipinski definition) is 0. The summed E-state index contributed by atoms with van der Waals surface area (Å²) in [7, 11) is 0. The van der Waals surface area contributed by atoms with Gasteiger partial charge in [-0.05, 0) is 79.6 Å². The van der Waals surface area contributed by atoms with Gasteiger partial charge in [0, 0.05) is 11.1 Å². The lowest BCUT2D eigenvalue weighted by atomic mass is 9.90. The number of hydrogen-bond acceptors (Lipinski definition) is 2. The molecule has 2 heteroatoms. The van der Waals surface area contributed by atoms with E-state index in [0.717, 1.165) is 66.7 Å². The van der Waals surface area contributed by atoms with Crippen molar-refractivity contribution in [3.8, 4) is 50.8 Å². The number of nitriles is 1. The average Bonchev–Trinajstić information content (AvgIpc) is 3.15. The minimum Gasteiger partial charge on any atom is -0.248 e. The third-order valence-corrected chi connectivity index (χ3v) is 8.32. The molecular weight excluding hydrogens is 581 g/mol. The molecule has 228 valence electrons. The van der Waals surface area contributed by atoms with Crippen LogP contribution in [0.15, 0.2) is 201 Å². The minimum atomic E-state index is 0.441. The van der Waals surface area contributed by atoms with Gasteiger partial charge in [0.2, 0.25) is 0 Å². The monoisotopic (exact) mass is 614 g/mol. The molecule has 0 N–H and O–H groups in total. The highest BCUT2D eigenvalue weighted by atomic mass is 14.7. The van der Waals surface area contributed by atoms with Crippen molar-refractivity contribution < 1.29 is 0 Å². The number of allylic oxidation sites excluding steroid dienone is 8. The number of fused-ring (bicyclic) bond motifs is 1. The molecular formula is C46H34N2. The van der Waals surface area contributed by atoms with Crippen molar-refractivity contribution in [1.82, 2.24) is 4.98 Å². The van der Waals surface area contributed by atoms with Crippen LogP contribution in [0.2, 0.25) is 0 Å². The number of benzene rings is 5. The van der Waals surface area contributed by atoms with E-state index in [4.69, 9.17) is 4.98 Å². The van der Waals surface area contributed by atoms with Gasteiger partial charge in [-0.2, -0.15) is 5.26 Å². The maximum absolute atomic E-state index is 9.21. The van der Waals surface area contributed by atoms with Crippen molar-refractivity contribution in [2.24, 2.45) is 0 Å². The highest BCUT2D eigenvalue weighted by molar-refractivity contribution is 6.04. The van der Waals surface area contributed by atoms with Crippen LogP contribution in [0.25, 0.3) is 61.1 Å². The SMILES string of the molecule is C=C/C(C#N)=C\C(=C)C(=C)/C=C\C(=C)c1ccc(-c2cccc(-c3cc(-c4ccccc4)nc(-c4ccccc4)c3)c2)c2ccccc12. The van der Waals surface area contributed by atoms with Gasteiger partial charge in [0.05, 0.1) is 23.0 Å². The molecule has 0 atom stereocenters. The van der Waals surface area contributed by atoms with Gasteiger partial charge in [-0.1, -0.05) is 160 Å². The van der Waals surface area contributed by atoms with Crippen LogP contribution in [0.5, 0.6) is 0 Å². The Kier molecular flexibility index (Phi) is 9.33. The minimum absolute atomic E-state index is 0.441. The second-order valence-electron chi connectivity index (χ2n) is 11.5. The third kappa shape index (κ3) is 6.82. The lowest BCUT2D eigenvalue weighted by Gasteiger charge is -2.14. The van der Waals surface area contributed by atoms with Crippen LogP contribution >= 0.6 is 0 Å². The summed E-state index contributed by atoms with van der Waals surface area (Å²) in [5, 5.41) is 11.5. The first-order chi connectivity index (χ1) is 23.4. The number of rotatable bonds is 10. The molecule has 6 rings (SSSR count). The Balaban J connectivity index is 1.37. The quantitative estimate of drug-likeness (QED) is 0.114. The second kappa shape index (κ2) is 14.3. The number of pyridine rings is 1. The van der Waals surface area contributed by atoms with Gasteiger partial charge in [0.15, 0.2) is 0 Å². The van der Waals surface area contributed by atoms with Crippen LogP contribution in [0, 0.1) is 11.3 Å². The molecule has 0 fully saturated rings. The molecule has 0 aliphatic heterocycles. The molecule has 6 aromatic rings. The maximum Gasteiger partial charge on any atom is 0.0991 e. The molecule has 0 amide bonds. The summed E-state index contributed by atoms with van der Waals surface area (Å²) in [6.07, 6.45) is 7.01. The molecule has 0 saturated carbocycles. The smallest absolute Gasteiger partial charge is 0.0991 e. The van der Waals surface area contributed by atoms with E-state index in [9.17, 15) is 5.26 Å². The Morgan fingerprint density at radius 1 is 0.562 bits per heavy atom. The van der Waals surface area contributed by atoms with Gasteiger partial charge < -0.3 is 0 Å². The zero-order valence-corrected chi connectivity index (χ0v) is 26.7. The van der Waals surface area contributed by atoms with Crippen molar-refractivity contribution >= 4 is 16.3 Å². The summed E-state index contributed by atoms with van der Waals surface area (Å²) in [5.74, 6) is 0. The summed E-state index contributed by atoms with van der Waals surface area (Å²) < 4.78 is 0. The van der Waals surface area contributed by atoms with Crippen LogP contribution in [0.3, 0.4) is 0 Å². The molecule has 0 unspecified atom stereocenters. The van der Waals surface area contributed by atoms with Gasteiger partial charge in [0.25, 0.3) is 0 Å². The van der Waals surface area contributed by atoms with Gasteiger partial charge in [-0.25, -0.2) is 4.98 Å². The van der Waals surface area contributed by atoms with Crippen molar-refractivity contribution in [2.45, 2.75) is 0 Å². The zero-order chi connectivity index (χ0) is 33.5. The van der Waals surface area contributed by atoms with E-state index in [0.29, 0.717) is 16.7 Å². The van der Waals surface area contributed by atoms with Gasteiger partial charge in [0.1, 0.15) is 0 Å². The lowest BCUT2D eigenvalue weighted by molar-refractivity contribution is 1.32. The fourth-order valence-electron chi connectivity index (χ4n) is 5.72. The van der Waals surface area contributed by atoms with Crippen molar-refractivity contribution in [3.63, 3.8) is 0 Å².